The summed E-state index contributed by atoms with van der Waals surface area (Å²) in [4.78, 5) is 0.260. The summed E-state index contributed by atoms with van der Waals surface area (Å²) in [6, 6.07) is 8.34. The van der Waals surface area contributed by atoms with E-state index in [2.05, 4.69) is 6.07 Å². The molecule has 2 rings (SSSR count). The lowest BCUT2D eigenvalue weighted by Gasteiger charge is -2.30. The molecule has 1 aromatic carbocycles. The highest BCUT2D eigenvalue weighted by molar-refractivity contribution is 7.92. The summed E-state index contributed by atoms with van der Waals surface area (Å²) in [5.74, 6) is -0.0615. The zero-order valence-corrected chi connectivity index (χ0v) is 12.3. The van der Waals surface area contributed by atoms with Gasteiger partial charge in [-0.05, 0) is 49.4 Å². The van der Waals surface area contributed by atoms with Crippen LogP contribution in [0.5, 0.6) is 0 Å². The topological polar surface area (TPSA) is 57.9 Å². The van der Waals surface area contributed by atoms with Crippen molar-refractivity contribution >= 4 is 21.4 Å². The molecule has 0 N–H and O–H groups in total. The molecule has 1 fully saturated rings. The smallest absolute Gasteiger partial charge is 0.182 e. The highest BCUT2D eigenvalue weighted by atomic mass is 35.5. The predicted molar refractivity (Wildman–Crippen MR) is 74.5 cm³/mol. The van der Waals surface area contributed by atoms with E-state index in [1.54, 1.807) is 12.1 Å². The maximum absolute atomic E-state index is 12.6. The van der Waals surface area contributed by atoms with Gasteiger partial charge in [-0.3, -0.25) is 0 Å². The van der Waals surface area contributed by atoms with Crippen LogP contribution in [-0.4, -0.2) is 13.7 Å². The number of nitriles is 1. The third-order valence-corrected chi connectivity index (χ3v) is 6.26. The van der Waals surface area contributed by atoms with Crippen molar-refractivity contribution in [3.05, 3.63) is 29.3 Å². The maximum atomic E-state index is 12.6. The molecule has 0 heterocycles. The molecule has 0 aromatic heterocycles. The van der Waals surface area contributed by atoms with E-state index in [1.165, 1.54) is 12.1 Å². The molecule has 3 atom stereocenters. The van der Waals surface area contributed by atoms with Crippen molar-refractivity contribution in [2.45, 2.75) is 36.3 Å². The Morgan fingerprint density at radius 1 is 1.26 bits per heavy atom. The van der Waals surface area contributed by atoms with E-state index in [-0.39, 0.29) is 4.90 Å². The molecule has 5 heteroatoms. The second-order valence-electron chi connectivity index (χ2n) is 5.19. The molecule has 0 aliphatic heterocycles. The standard InChI is InChI=1S/C14H16ClNO2S/c1-10-2-3-11(9-16)14(8-10)19(17,18)13-6-4-12(15)5-7-13/h4-7,10-11,14H,2-3,8H2,1H3. The van der Waals surface area contributed by atoms with Gasteiger partial charge in [0, 0.05) is 5.02 Å². The van der Waals surface area contributed by atoms with E-state index in [9.17, 15) is 8.42 Å². The maximum Gasteiger partial charge on any atom is 0.182 e. The number of sulfone groups is 1. The summed E-state index contributed by atoms with van der Waals surface area (Å²) < 4.78 is 25.2. The number of hydrogen-bond donors (Lipinski definition) is 0. The van der Waals surface area contributed by atoms with E-state index in [1.807, 2.05) is 6.92 Å². The van der Waals surface area contributed by atoms with Gasteiger partial charge in [-0.2, -0.15) is 5.26 Å². The fourth-order valence-corrected chi connectivity index (χ4v) is 4.82. The molecule has 3 unspecified atom stereocenters. The van der Waals surface area contributed by atoms with E-state index in [0.717, 1.165) is 6.42 Å². The van der Waals surface area contributed by atoms with Crippen molar-refractivity contribution in [3.63, 3.8) is 0 Å². The van der Waals surface area contributed by atoms with Gasteiger partial charge in [-0.1, -0.05) is 18.5 Å². The van der Waals surface area contributed by atoms with Gasteiger partial charge in [0.2, 0.25) is 0 Å². The summed E-state index contributed by atoms with van der Waals surface area (Å²) in [6.45, 7) is 2.04. The Morgan fingerprint density at radius 2 is 1.89 bits per heavy atom. The molecule has 0 spiro atoms. The number of hydrogen-bond acceptors (Lipinski definition) is 3. The lowest BCUT2D eigenvalue weighted by Crippen LogP contribution is -2.34. The fraction of sp³-hybridized carbons (Fsp3) is 0.500. The first-order valence-corrected chi connectivity index (χ1v) is 8.26. The minimum Gasteiger partial charge on any atom is -0.223 e. The van der Waals surface area contributed by atoms with Gasteiger partial charge in [0.05, 0.1) is 22.1 Å². The van der Waals surface area contributed by atoms with Crippen LogP contribution in [0, 0.1) is 23.2 Å². The van der Waals surface area contributed by atoms with Crippen LogP contribution < -0.4 is 0 Å². The Bertz CT molecular complexity index is 589. The molecule has 0 saturated heterocycles. The Balaban J connectivity index is 2.37. The van der Waals surface area contributed by atoms with Gasteiger partial charge in [0.25, 0.3) is 0 Å². The molecular weight excluding hydrogens is 282 g/mol. The van der Waals surface area contributed by atoms with Crippen molar-refractivity contribution in [1.29, 1.82) is 5.26 Å². The molecule has 1 aromatic rings. The lowest BCUT2D eigenvalue weighted by atomic mass is 9.83. The third kappa shape index (κ3) is 2.93. The second kappa shape index (κ2) is 5.52. The average Bonchev–Trinajstić information content (AvgIpc) is 2.39. The van der Waals surface area contributed by atoms with Gasteiger partial charge in [-0.25, -0.2) is 8.42 Å². The fourth-order valence-electron chi connectivity index (χ4n) is 2.62. The van der Waals surface area contributed by atoms with Gasteiger partial charge >= 0.3 is 0 Å². The van der Waals surface area contributed by atoms with Crippen LogP contribution in [0.3, 0.4) is 0 Å². The minimum absolute atomic E-state index is 0.260. The van der Waals surface area contributed by atoms with Gasteiger partial charge in [0.1, 0.15) is 0 Å². The van der Waals surface area contributed by atoms with E-state index >= 15 is 0 Å². The minimum atomic E-state index is -3.45. The van der Waals surface area contributed by atoms with Crippen molar-refractivity contribution in [1.82, 2.24) is 0 Å². The van der Waals surface area contributed by atoms with Gasteiger partial charge in [-0.15, -0.1) is 0 Å². The number of halogens is 1. The zero-order chi connectivity index (χ0) is 14.0. The Kier molecular flexibility index (Phi) is 4.17. The summed E-state index contributed by atoms with van der Waals surface area (Å²) in [5.41, 5.74) is 0. The van der Waals surface area contributed by atoms with Crippen LogP contribution in [0.2, 0.25) is 5.02 Å². The van der Waals surface area contributed by atoms with Crippen molar-refractivity contribution < 1.29 is 8.42 Å². The molecule has 0 amide bonds. The summed E-state index contributed by atoms with van der Waals surface area (Å²) in [6.07, 6.45) is 2.14. The first-order valence-electron chi connectivity index (χ1n) is 6.34. The van der Waals surface area contributed by atoms with Crippen LogP contribution in [0.15, 0.2) is 29.2 Å². The average molecular weight is 298 g/mol. The van der Waals surface area contributed by atoms with E-state index in [4.69, 9.17) is 16.9 Å². The van der Waals surface area contributed by atoms with E-state index in [0.29, 0.717) is 23.8 Å². The SMILES string of the molecule is CC1CCC(C#N)C(S(=O)(=O)c2ccc(Cl)cc2)C1. The van der Waals surface area contributed by atoms with Crippen LogP contribution in [0.25, 0.3) is 0 Å². The van der Waals surface area contributed by atoms with Crippen LogP contribution in [-0.2, 0) is 9.84 Å². The molecule has 1 saturated carbocycles. The second-order valence-corrected chi connectivity index (χ2v) is 7.79. The third-order valence-electron chi connectivity index (χ3n) is 3.76. The molecule has 0 radical (unpaired) electrons. The number of nitrogens with zero attached hydrogens (tertiary/aromatic N) is 1. The molecule has 1 aliphatic rings. The number of benzene rings is 1. The molecule has 1 aliphatic carbocycles. The highest BCUT2D eigenvalue weighted by Gasteiger charge is 2.38. The van der Waals surface area contributed by atoms with E-state index < -0.39 is 21.0 Å². The van der Waals surface area contributed by atoms with Crippen LogP contribution in [0.4, 0.5) is 0 Å². The summed E-state index contributed by atoms with van der Waals surface area (Å²) in [5, 5.41) is 9.08. The van der Waals surface area contributed by atoms with Crippen LogP contribution >= 0.6 is 11.6 Å². The molecule has 19 heavy (non-hydrogen) atoms. The Labute approximate surface area is 119 Å². The first-order chi connectivity index (χ1) is 8.95. The molecule has 3 nitrogen and oxygen atoms in total. The zero-order valence-electron chi connectivity index (χ0n) is 10.7. The van der Waals surface area contributed by atoms with Crippen molar-refractivity contribution in [3.8, 4) is 6.07 Å². The van der Waals surface area contributed by atoms with Crippen LogP contribution in [0.1, 0.15) is 26.2 Å². The summed E-state index contributed by atoms with van der Waals surface area (Å²) in [7, 11) is -3.45. The molecule has 0 bridgehead atoms. The first kappa shape index (κ1) is 14.4. The van der Waals surface area contributed by atoms with Gasteiger partial charge in [0.15, 0.2) is 9.84 Å². The predicted octanol–water partition coefficient (Wildman–Crippen LogP) is 3.44. The van der Waals surface area contributed by atoms with Gasteiger partial charge < -0.3 is 0 Å². The number of rotatable bonds is 2. The molecule has 102 valence electrons. The molecular formula is C14H16ClNO2S. The quantitative estimate of drug-likeness (QED) is 0.840. The highest BCUT2D eigenvalue weighted by Crippen LogP contribution is 2.35. The van der Waals surface area contributed by atoms with Crippen molar-refractivity contribution in [2.24, 2.45) is 11.8 Å². The van der Waals surface area contributed by atoms with Crippen molar-refractivity contribution in [2.75, 3.05) is 0 Å². The Morgan fingerprint density at radius 3 is 2.47 bits per heavy atom. The lowest BCUT2D eigenvalue weighted by molar-refractivity contribution is 0.335. The Hall–Kier alpha value is -1.05. The monoisotopic (exact) mass is 297 g/mol. The largest absolute Gasteiger partial charge is 0.223 e. The normalized spacial score (nSPS) is 27.7. The summed E-state index contributed by atoms with van der Waals surface area (Å²) >= 11 is 5.78.